The molecule has 0 saturated carbocycles. The minimum atomic E-state index is -0.0944. The van der Waals surface area contributed by atoms with Crippen molar-refractivity contribution in [3.8, 4) is 5.75 Å². The Labute approximate surface area is 199 Å². The van der Waals surface area contributed by atoms with Crippen molar-refractivity contribution in [2.45, 2.75) is 13.5 Å². The van der Waals surface area contributed by atoms with Crippen molar-refractivity contribution in [1.82, 2.24) is 10.2 Å². The van der Waals surface area contributed by atoms with E-state index < -0.39 is 0 Å². The van der Waals surface area contributed by atoms with Crippen LogP contribution in [0, 0.1) is 7.14 Å². The number of rotatable bonds is 5. The predicted octanol–water partition coefficient (Wildman–Crippen LogP) is 5.31. The average Bonchev–Trinajstić information content (AvgIpc) is 2.88. The number of hydrogen-bond acceptors (Lipinski definition) is 3. The number of likely N-dealkylation sites (N-methyl/N-ethyl adjacent to an activating group) is 1. The topological polar surface area (TPSA) is 41.6 Å². The molecule has 1 N–H and O–H groups in total. The maximum absolute atomic E-state index is 12.3. The Hall–Kier alpha value is -0.720. The van der Waals surface area contributed by atoms with Crippen molar-refractivity contribution >= 4 is 90.4 Å². The van der Waals surface area contributed by atoms with Crippen molar-refractivity contribution < 1.29 is 9.53 Å². The Morgan fingerprint density at radius 1 is 1.22 bits per heavy atom. The number of thiocarbonyl (C=S) groups is 1. The van der Waals surface area contributed by atoms with E-state index in [2.05, 4.69) is 66.4 Å². The van der Waals surface area contributed by atoms with Crippen molar-refractivity contribution in [3.63, 3.8) is 0 Å². The summed E-state index contributed by atoms with van der Waals surface area (Å²) in [5, 5.41) is 3.44. The number of nitrogens with one attached hydrogen (secondary N) is 1. The monoisotopic (exact) mass is 668 g/mol. The molecule has 0 spiro atoms. The summed E-state index contributed by atoms with van der Waals surface area (Å²) in [6.07, 6.45) is 1.83. The molecule has 0 aliphatic carbocycles. The lowest BCUT2D eigenvalue weighted by atomic mass is 10.2. The zero-order valence-electron chi connectivity index (χ0n) is 14.3. The number of amides is 1. The maximum Gasteiger partial charge on any atom is 0.276 e. The van der Waals surface area contributed by atoms with E-state index in [4.69, 9.17) is 17.0 Å². The van der Waals surface area contributed by atoms with Crippen molar-refractivity contribution in [2.24, 2.45) is 0 Å². The molecule has 1 fully saturated rings. The first-order valence-electron chi connectivity index (χ1n) is 8.10. The predicted molar refractivity (Wildman–Crippen MR) is 131 cm³/mol. The number of ether oxygens (including phenoxy) is 1. The van der Waals surface area contributed by atoms with Gasteiger partial charge >= 0.3 is 0 Å². The molecule has 140 valence electrons. The van der Waals surface area contributed by atoms with Gasteiger partial charge in [-0.25, -0.2) is 0 Å². The van der Waals surface area contributed by atoms with E-state index in [1.807, 2.05) is 49.4 Å². The molecule has 1 aliphatic rings. The summed E-state index contributed by atoms with van der Waals surface area (Å²) in [5.74, 6) is 0.751. The smallest absolute Gasteiger partial charge is 0.276 e. The molecule has 3 rings (SSSR count). The molecule has 1 saturated heterocycles. The summed E-state index contributed by atoms with van der Waals surface area (Å²) in [4.78, 5) is 13.9. The molecule has 0 aromatic heterocycles. The first kappa shape index (κ1) is 21.0. The highest BCUT2D eigenvalue weighted by atomic mass is 127. The van der Waals surface area contributed by atoms with Crippen LogP contribution in [0.4, 0.5) is 0 Å². The number of carbonyl (C=O) groups excluding carboxylic acids is 1. The number of hydrogen-bond donors (Lipinski definition) is 1. The summed E-state index contributed by atoms with van der Waals surface area (Å²) in [7, 11) is 0. The molecule has 4 nitrogen and oxygen atoms in total. The van der Waals surface area contributed by atoms with Gasteiger partial charge in [0.1, 0.15) is 18.1 Å². The highest BCUT2D eigenvalue weighted by Gasteiger charge is 2.29. The lowest BCUT2D eigenvalue weighted by Crippen LogP contribution is -2.30. The van der Waals surface area contributed by atoms with Gasteiger partial charge < -0.3 is 10.1 Å². The zero-order chi connectivity index (χ0) is 19.6. The quantitative estimate of drug-likeness (QED) is 0.267. The van der Waals surface area contributed by atoms with Crippen LogP contribution in [0.25, 0.3) is 6.08 Å². The first-order valence-corrected chi connectivity index (χ1v) is 11.5. The van der Waals surface area contributed by atoms with Crippen LogP contribution in [0.5, 0.6) is 5.75 Å². The summed E-state index contributed by atoms with van der Waals surface area (Å²) in [6, 6.07) is 12.1. The van der Waals surface area contributed by atoms with Gasteiger partial charge in [-0.15, -0.1) is 0 Å². The SMILES string of the molecule is CCN1C(=O)/C(=C/c2cc(I)c(OCc3ccc(Br)cc3)c(I)c2)NC1=S. The summed E-state index contributed by atoms with van der Waals surface area (Å²) < 4.78 is 9.05. The van der Waals surface area contributed by atoms with Crippen molar-refractivity contribution in [1.29, 1.82) is 0 Å². The summed E-state index contributed by atoms with van der Waals surface area (Å²) in [5.41, 5.74) is 2.53. The van der Waals surface area contributed by atoms with Crippen LogP contribution in [-0.4, -0.2) is 22.5 Å². The minimum absolute atomic E-state index is 0.0944. The molecule has 8 heteroatoms. The molecule has 0 radical (unpaired) electrons. The highest BCUT2D eigenvalue weighted by molar-refractivity contribution is 14.1. The van der Waals surface area contributed by atoms with Gasteiger partial charge in [-0.3, -0.25) is 9.69 Å². The molecular weight excluding hydrogens is 654 g/mol. The first-order chi connectivity index (χ1) is 12.9. The second-order valence-corrected chi connectivity index (χ2v) is 9.39. The third kappa shape index (κ3) is 5.01. The molecule has 1 amide bonds. The zero-order valence-corrected chi connectivity index (χ0v) is 21.0. The van der Waals surface area contributed by atoms with E-state index >= 15 is 0 Å². The Morgan fingerprint density at radius 2 is 1.85 bits per heavy atom. The number of carbonyl (C=O) groups is 1. The molecule has 27 heavy (non-hydrogen) atoms. The van der Waals surface area contributed by atoms with Gasteiger partial charge in [0, 0.05) is 11.0 Å². The van der Waals surface area contributed by atoms with Crippen LogP contribution in [0.3, 0.4) is 0 Å². The molecule has 0 bridgehead atoms. The van der Waals surface area contributed by atoms with Crippen LogP contribution in [0.15, 0.2) is 46.6 Å². The average molecular weight is 669 g/mol. The van der Waals surface area contributed by atoms with E-state index in [9.17, 15) is 4.79 Å². The maximum atomic E-state index is 12.3. The van der Waals surface area contributed by atoms with Crippen molar-refractivity contribution in [2.75, 3.05) is 6.54 Å². The van der Waals surface area contributed by atoms with E-state index in [1.165, 1.54) is 0 Å². The molecule has 1 heterocycles. The molecular formula is C19H15BrI2N2O2S. The molecule has 2 aromatic rings. The Morgan fingerprint density at radius 3 is 2.41 bits per heavy atom. The molecule has 0 atom stereocenters. The fourth-order valence-electron chi connectivity index (χ4n) is 2.56. The van der Waals surface area contributed by atoms with Gasteiger partial charge in [0.2, 0.25) is 0 Å². The van der Waals surface area contributed by atoms with Gasteiger partial charge in [0.05, 0.1) is 7.14 Å². The van der Waals surface area contributed by atoms with Crippen molar-refractivity contribution in [3.05, 3.63) is 64.8 Å². The fourth-order valence-corrected chi connectivity index (χ4v) is 5.28. The van der Waals surface area contributed by atoms with E-state index in [-0.39, 0.29) is 5.91 Å². The van der Waals surface area contributed by atoms with Gasteiger partial charge in [-0.05, 0) is 106 Å². The normalized spacial score (nSPS) is 15.4. The Balaban J connectivity index is 1.79. The van der Waals surface area contributed by atoms with E-state index in [0.29, 0.717) is 24.0 Å². The van der Waals surface area contributed by atoms with Crippen LogP contribution in [-0.2, 0) is 11.4 Å². The minimum Gasteiger partial charge on any atom is -0.487 e. The lowest BCUT2D eigenvalue weighted by Gasteiger charge is -2.12. The van der Waals surface area contributed by atoms with E-state index in [1.54, 1.807) is 4.90 Å². The van der Waals surface area contributed by atoms with Gasteiger partial charge in [-0.1, -0.05) is 28.1 Å². The number of benzene rings is 2. The summed E-state index contributed by atoms with van der Waals surface area (Å²) >= 11 is 13.2. The summed E-state index contributed by atoms with van der Waals surface area (Å²) in [6.45, 7) is 2.96. The number of halogens is 3. The second-order valence-electron chi connectivity index (χ2n) is 5.77. The van der Waals surface area contributed by atoms with Gasteiger partial charge in [-0.2, -0.15) is 0 Å². The molecule has 0 unspecified atom stereocenters. The highest BCUT2D eigenvalue weighted by Crippen LogP contribution is 2.31. The van der Waals surface area contributed by atoms with Crippen LogP contribution in [0.1, 0.15) is 18.1 Å². The van der Waals surface area contributed by atoms with Gasteiger partial charge in [0.25, 0.3) is 5.91 Å². The van der Waals surface area contributed by atoms with Crippen LogP contribution in [0.2, 0.25) is 0 Å². The number of nitrogens with zero attached hydrogens (tertiary/aromatic N) is 1. The fraction of sp³-hybridized carbons (Fsp3) is 0.158. The Kier molecular flexibility index (Phi) is 7.14. The Bertz CT molecular complexity index is 909. The van der Waals surface area contributed by atoms with Gasteiger partial charge in [0.15, 0.2) is 5.11 Å². The van der Waals surface area contributed by atoms with E-state index in [0.717, 1.165) is 28.5 Å². The third-order valence-electron chi connectivity index (χ3n) is 3.91. The van der Waals surface area contributed by atoms with Crippen LogP contribution >= 0.6 is 73.3 Å². The largest absolute Gasteiger partial charge is 0.487 e. The standard InChI is InChI=1S/C19H15BrI2N2O2S/c1-2-24-18(25)16(23-19(24)27)9-12-7-14(21)17(15(22)8-12)26-10-11-3-5-13(20)6-4-11/h3-9H,2,10H2,1H3,(H,23,27)/b16-9-. The third-order valence-corrected chi connectivity index (χ3v) is 6.36. The van der Waals surface area contributed by atoms with Crippen LogP contribution < -0.4 is 10.1 Å². The molecule has 2 aromatic carbocycles. The lowest BCUT2D eigenvalue weighted by molar-refractivity contribution is -0.122. The second kappa shape index (κ2) is 9.19. The molecule has 1 aliphatic heterocycles.